The number of alkyl halides is 3. The Morgan fingerprint density at radius 3 is 2.44 bits per heavy atom. The van der Waals surface area contributed by atoms with Gasteiger partial charge in [0.15, 0.2) is 6.61 Å². The number of halogens is 4. The predicted molar refractivity (Wildman–Crippen MR) is 90.9 cm³/mol. The van der Waals surface area contributed by atoms with E-state index >= 15 is 0 Å². The van der Waals surface area contributed by atoms with E-state index in [1.165, 1.54) is 25.1 Å². The normalized spacial score (nSPS) is 12.9. The molecule has 0 spiro atoms. The number of hydrogen-bond acceptors (Lipinski definition) is 5. The van der Waals surface area contributed by atoms with E-state index in [2.05, 4.69) is 10.1 Å². The number of aryl methyl sites for hydroxylation is 1. The van der Waals surface area contributed by atoms with Crippen molar-refractivity contribution in [2.45, 2.75) is 25.6 Å². The van der Waals surface area contributed by atoms with Gasteiger partial charge < -0.3 is 15.8 Å². The number of benzene rings is 1. The van der Waals surface area contributed by atoms with Gasteiger partial charge in [0.25, 0.3) is 0 Å². The fourth-order valence-corrected chi connectivity index (χ4v) is 2.44. The van der Waals surface area contributed by atoms with E-state index in [0.29, 0.717) is 11.3 Å². The second-order valence-corrected chi connectivity index (χ2v) is 7.66. The molecule has 0 radical (unpaired) electrons. The lowest BCUT2D eigenvalue weighted by atomic mass is 10.1. The van der Waals surface area contributed by atoms with Gasteiger partial charge in [-0.3, -0.25) is 4.79 Å². The van der Waals surface area contributed by atoms with Crippen LogP contribution in [0.1, 0.15) is 12.0 Å². The number of sulfone groups is 1. The molecule has 1 rings (SSSR count). The van der Waals surface area contributed by atoms with Gasteiger partial charge in [-0.05, 0) is 37.1 Å². The molecule has 0 heterocycles. The Hall–Kier alpha value is -1.52. The average Bonchev–Trinajstić information content (AvgIpc) is 2.42. The second kappa shape index (κ2) is 9.25. The van der Waals surface area contributed by atoms with Gasteiger partial charge in [-0.2, -0.15) is 13.2 Å². The molecule has 0 saturated carbocycles. The Morgan fingerprint density at radius 2 is 1.96 bits per heavy atom. The number of nitrogens with two attached hydrogens (primary N) is 1. The van der Waals surface area contributed by atoms with Crippen LogP contribution in [0.15, 0.2) is 18.2 Å². The molecule has 0 aliphatic rings. The first-order valence-corrected chi connectivity index (χ1v) is 8.98. The lowest BCUT2D eigenvalue weighted by Gasteiger charge is -2.14. The quantitative estimate of drug-likeness (QED) is 0.724. The smallest absolute Gasteiger partial charge is 0.422 e. The molecule has 1 aromatic carbocycles. The third-order valence-corrected chi connectivity index (χ3v) is 3.95. The van der Waals surface area contributed by atoms with Gasteiger partial charge in [-0.15, -0.1) is 12.4 Å². The summed E-state index contributed by atoms with van der Waals surface area (Å²) in [6, 6.07) is 3.10. The molecular formula is C14H20ClF3N2O4S. The van der Waals surface area contributed by atoms with Crippen molar-refractivity contribution in [2.24, 2.45) is 5.73 Å². The maximum absolute atomic E-state index is 12.1. The number of anilines is 1. The van der Waals surface area contributed by atoms with Crippen LogP contribution in [0.5, 0.6) is 5.75 Å². The van der Waals surface area contributed by atoms with E-state index < -0.39 is 34.6 Å². The molecule has 0 aliphatic heterocycles. The van der Waals surface area contributed by atoms with Crippen LogP contribution < -0.4 is 15.8 Å². The van der Waals surface area contributed by atoms with E-state index in [9.17, 15) is 26.4 Å². The van der Waals surface area contributed by atoms with E-state index in [-0.39, 0.29) is 30.3 Å². The van der Waals surface area contributed by atoms with Gasteiger partial charge in [0.2, 0.25) is 5.91 Å². The minimum absolute atomic E-state index is 0. The predicted octanol–water partition coefficient (Wildman–Crippen LogP) is 2.06. The van der Waals surface area contributed by atoms with Gasteiger partial charge in [0.1, 0.15) is 15.6 Å². The van der Waals surface area contributed by atoms with Crippen molar-refractivity contribution >= 4 is 33.8 Å². The van der Waals surface area contributed by atoms with Crippen molar-refractivity contribution in [2.75, 3.05) is 23.9 Å². The zero-order valence-electron chi connectivity index (χ0n) is 13.6. The van der Waals surface area contributed by atoms with Crippen LogP contribution in [0.25, 0.3) is 0 Å². The van der Waals surface area contributed by atoms with Crippen LogP contribution in [0.3, 0.4) is 0 Å². The third-order valence-electron chi connectivity index (χ3n) is 2.97. The molecule has 11 heteroatoms. The Morgan fingerprint density at radius 1 is 1.36 bits per heavy atom. The zero-order valence-corrected chi connectivity index (χ0v) is 15.2. The maximum atomic E-state index is 12.1. The standard InChI is InChI=1S/C14H19F3N2O4S.ClH/c1-9-7-10(3-4-12(9)23-8-14(15,16)17)19-13(20)11(18)5-6-24(2,21)22;/h3-4,7,11H,5-6,8,18H2,1-2H3,(H,19,20);1H. The van der Waals surface area contributed by atoms with Crippen LogP contribution in [0.4, 0.5) is 18.9 Å². The Balaban J connectivity index is 0.00000576. The first-order chi connectivity index (χ1) is 10.9. The summed E-state index contributed by atoms with van der Waals surface area (Å²) >= 11 is 0. The summed E-state index contributed by atoms with van der Waals surface area (Å²) in [5, 5.41) is 2.48. The highest BCUT2D eigenvalue weighted by Crippen LogP contribution is 2.24. The van der Waals surface area contributed by atoms with Crippen molar-refractivity contribution in [1.82, 2.24) is 0 Å². The Bertz CT molecular complexity index is 696. The molecule has 25 heavy (non-hydrogen) atoms. The van der Waals surface area contributed by atoms with Crippen LogP contribution in [0, 0.1) is 6.92 Å². The molecule has 0 fully saturated rings. The third kappa shape index (κ3) is 9.51. The summed E-state index contributed by atoms with van der Waals surface area (Å²) in [7, 11) is -3.22. The first kappa shape index (κ1) is 23.5. The fourth-order valence-electron chi connectivity index (χ4n) is 1.76. The molecule has 0 saturated heterocycles. The summed E-state index contributed by atoms with van der Waals surface area (Å²) in [5.41, 5.74) is 6.34. The highest BCUT2D eigenvalue weighted by atomic mass is 35.5. The molecule has 3 N–H and O–H groups in total. The number of carbonyl (C=O) groups is 1. The summed E-state index contributed by atoms with van der Waals surface area (Å²) < 4.78 is 63.1. The minimum Gasteiger partial charge on any atom is -0.484 e. The van der Waals surface area contributed by atoms with Crippen LogP contribution in [-0.2, 0) is 14.6 Å². The number of nitrogens with one attached hydrogen (secondary N) is 1. The van der Waals surface area contributed by atoms with E-state index in [0.717, 1.165) is 6.26 Å². The molecular weight excluding hydrogens is 385 g/mol. The average molecular weight is 405 g/mol. The molecule has 6 nitrogen and oxygen atoms in total. The van der Waals surface area contributed by atoms with Crippen molar-refractivity contribution in [3.63, 3.8) is 0 Å². The Kier molecular flexibility index (Phi) is 8.69. The minimum atomic E-state index is -4.44. The number of ether oxygens (including phenoxy) is 1. The van der Waals surface area contributed by atoms with Crippen molar-refractivity contribution in [1.29, 1.82) is 0 Å². The summed E-state index contributed by atoms with van der Waals surface area (Å²) in [4.78, 5) is 11.9. The summed E-state index contributed by atoms with van der Waals surface area (Å²) in [5.74, 6) is -0.751. The van der Waals surface area contributed by atoms with Gasteiger partial charge in [-0.25, -0.2) is 8.42 Å². The first-order valence-electron chi connectivity index (χ1n) is 6.92. The highest BCUT2D eigenvalue weighted by Gasteiger charge is 2.28. The largest absolute Gasteiger partial charge is 0.484 e. The number of rotatable bonds is 7. The van der Waals surface area contributed by atoms with Crippen molar-refractivity contribution < 1.29 is 31.1 Å². The van der Waals surface area contributed by atoms with Gasteiger partial charge in [-0.1, -0.05) is 0 Å². The van der Waals surface area contributed by atoms with Gasteiger partial charge in [0.05, 0.1) is 11.8 Å². The lowest BCUT2D eigenvalue weighted by molar-refractivity contribution is -0.153. The van der Waals surface area contributed by atoms with E-state index in [1.807, 2.05) is 0 Å². The summed E-state index contributed by atoms with van der Waals surface area (Å²) in [6.07, 6.45) is -3.43. The van der Waals surface area contributed by atoms with Crippen LogP contribution in [0.2, 0.25) is 0 Å². The SMILES string of the molecule is Cc1cc(NC(=O)C(N)CCS(C)(=O)=O)ccc1OCC(F)(F)F.Cl. The second-order valence-electron chi connectivity index (χ2n) is 5.40. The maximum Gasteiger partial charge on any atom is 0.422 e. The Labute approximate surface area is 150 Å². The van der Waals surface area contributed by atoms with Gasteiger partial charge >= 0.3 is 6.18 Å². The van der Waals surface area contributed by atoms with E-state index in [4.69, 9.17) is 5.73 Å². The molecule has 1 atom stereocenters. The number of hydrogen-bond donors (Lipinski definition) is 2. The monoisotopic (exact) mass is 404 g/mol. The lowest BCUT2D eigenvalue weighted by Crippen LogP contribution is -2.37. The fraction of sp³-hybridized carbons (Fsp3) is 0.500. The van der Waals surface area contributed by atoms with E-state index in [1.54, 1.807) is 0 Å². The molecule has 0 aliphatic carbocycles. The zero-order chi connectivity index (χ0) is 18.5. The summed E-state index contributed by atoms with van der Waals surface area (Å²) in [6.45, 7) is 0.126. The molecule has 1 unspecified atom stereocenters. The van der Waals surface area contributed by atoms with Crippen molar-refractivity contribution in [3.05, 3.63) is 23.8 Å². The van der Waals surface area contributed by atoms with Crippen LogP contribution >= 0.6 is 12.4 Å². The van der Waals surface area contributed by atoms with Crippen LogP contribution in [-0.4, -0.2) is 45.2 Å². The highest BCUT2D eigenvalue weighted by molar-refractivity contribution is 7.90. The molecule has 1 amide bonds. The molecule has 0 bridgehead atoms. The number of carbonyl (C=O) groups excluding carboxylic acids is 1. The number of amides is 1. The van der Waals surface area contributed by atoms with Crippen molar-refractivity contribution in [3.8, 4) is 5.75 Å². The van der Waals surface area contributed by atoms with Gasteiger partial charge in [0, 0.05) is 11.9 Å². The molecule has 1 aromatic rings. The molecule has 0 aromatic heterocycles. The molecule has 144 valence electrons. The topological polar surface area (TPSA) is 98.5 Å².